The SMILES string of the molecule is CC[C@@H](C)NC(=O)[C@H](C)N(Cc1ccc(Br)cc1)C(=O)CN(c1ccc(F)cc1)S(=O)(=O)c1ccc(C)cc1. The average molecular weight is 619 g/mol. The third-order valence-corrected chi connectivity index (χ3v) is 8.75. The topological polar surface area (TPSA) is 86.8 Å². The second-order valence-electron chi connectivity index (χ2n) is 9.44. The molecule has 3 rings (SSSR count). The van der Waals surface area contributed by atoms with Crippen molar-refractivity contribution in [2.24, 2.45) is 0 Å². The molecule has 2 atom stereocenters. The average Bonchev–Trinajstić information content (AvgIpc) is 2.91. The van der Waals surface area contributed by atoms with Gasteiger partial charge in [0.1, 0.15) is 18.4 Å². The molecule has 0 saturated carbocycles. The Bertz CT molecular complexity index is 1380. The minimum atomic E-state index is -4.20. The quantitative estimate of drug-likeness (QED) is 0.311. The summed E-state index contributed by atoms with van der Waals surface area (Å²) in [6.45, 7) is 6.77. The molecule has 3 aromatic rings. The molecule has 0 radical (unpaired) electrons. The van der Waals surface area contributed by atoms with Crippen molar-refractivity contribution in [3.8, 4) is 0 Å². The predicted molar refractivity (Wildman–Crippen MR) is 154 cm³/mol. The maximum atomic E-state index is 13.9. The predicted octanol–water partition coefficient (Wildman–Crippen LogP) is 5.42. The summed E-state index contributed by atoms with van der Waals surface area (Å²) in [5, 5.41) is 2.90. The lowest BCUT2D eigenvalue weighted by molar-refractivity contribution is -0.139. The first-order valence-electron chi connectivity index (χ1n) is 12.6. The van der Waals surface area contributed by atoms with E-state index in [1.165, 1.54) is 29.2 Å². The molecule has 0 fully saturated rings. The van der Waals surface area contributed by atoms with Crippen molar-refractivity contribution < 1.29 is 22.4 Å². The van der Waals surface area contributed by atoms with Crippen molar-refractivity contribution in [1.29, 1.82) is 0 Å². The number of aryl methyl sites for hydroxylation is 1. The van der Waals surface area contributed by atoms with Gasteiger partial charge >= 0.3 is 0 Å². The Morgan fingerprint density at radius 1 is 0.949 bits per heavy atom. The van der Waals surface area contributed by atoms with Crippen molar-refractivity contribution in [3.63, 3.8) is 0 Å². The Balaban J connectivity index is 2.01. The number of carbonyl (C=O) groups is 2. The van der Waals surface area contributed by atoms with E-state index in [1.807, 2.05) is 45.0 Å². The molecule has 0 spiro atoms. The Labute approximate surface area is 238 Å². The minimum Gasteiger partial charge on any atom is -0.352 e. The number of rotatable bonds is 11. The van der Waals surface area contributed by atoms with Crippen molar-refractivity contribution in [2.45, 2.75) is 57.6 Å². The molecule has 0 saturated heterocycles. The van der Waals surface area contributed by atoms with Crippen LogP contribution in [0.2, 0.25) is 0 Å². The first-order chi connectivity index (χ1) is 18.4. The Kier molecular flexibility index (Phi) is 10.3. The van der Waals surface area contributed by atoms with Gasteiger partial charge in [0, 0.05) is 17.1 Å². The van der Waals surface area contributed by atoms with E-state index in [0.29, 0.717) is 6.42 Å². The van der Waals surface area contributed by atoms with Gasteiger partial charge in [-0.25, -0.2) is 12.8 Å². The van der Waals surface area contributed by atoms with Gasteiger partial charge in [-0.1, -0.05) is 52.7 Å². The van der Waals surface area contributed by atoms with E-state index in [0.717, 1.165) is 32.0 Å². The van der Waals surface area contributed by atoms with Gasteiger partial charge in [-0.3, -0.25) is 13.9 Å². The van der Waals surface area contributed by atoms with Gasteiger partial charge in [-0.15, -0.1) is 0 Å². The monoisotopic (exact) mass is 617 g/mol. The fourth-order valence-electron chi connectivity index (χ4n) is 3.81. The van der Waals surface area contributed by atoms with Crippen LogP contribution < -0.4 is 9.62 Å². The van der Waals surface area contributed by atoms with Crippen molar-refractivity contribution in [2.75, 3.05) is 10.8 Å². The number of nitrogens with zero attached hydrogens (tertiary/aromatic N) is 2. The van der Waals surface area contributed by atoms with Gasteiger partial charge in [0.15, 0.2) is 0 Å². The molecular formula is C29H33BrFN3O4S. The number of anilines is 1. The molecule has 10 heteroatoms. The molecule has 1 N–H and O–H groups in total. The molecule has 3 aromatic carbocycles. The lowest BCUT2D eigenvalue weighted by Crippen LogP contribution is -2.52. The lowest BCUT2D eigenvalue weighted by Gasteiger charge is -2.32. The van der Waals surface area contributed by atoms with Crippen LogP contribution in [-0.2, 0) is 26.2 Å². The molecule has 208 valence electrons. The molecule has 0 heterocycles. The molecule has 0 aliphatic heterocycles. The van der Waals surface area contributed by atoms with Crippen molar-refractivity contribution >= 4 is 43.5 Å². The molecule has 2 amide bonds. The van der Waals surface area contributed by atoms with E-state index in [9.17, 15) is 22.4 Å². The van der Waals surface area contributed by atoms with Crippen LogP contribution in [0.1, 0.15) is 38.3 Å². The summed E-state index contributed by atoms with van der Waals surface area (Å²) < 4.78 is 43.0. The van der Waals surface area contributed by atoms with Crippen LogP contribution in [-0.4, -0.2) is 43.8 Å². The number of carbonyl (C=O) groups excluding carboxylic acids is 2. The Morgan fingerprint density at radius 2 is 1.54 bits per heavy atom. The maximum Gasteiger partial charge on any atom is 0.264 e. The third-order valence-electron chi connectivity index (χ3n) is 6.44. The second-order valence-corrected chi connectivity index (χ2v) is 12.2. The van der Waals surface area contributed by atoms with Crippen molar-refractivity contribution in [3.05, 3.63) is 94.2 Å². The highest BCUT2D eigenvalue weighted by molar-refractivity contribution is 9.10. The highest BCUT2D eigenvalue weighted by Crippen LogP contribution is 2.25. The number of hydrogen-bond acceptors (Lipinski definition) is 4. The van der Waals surface area contributed by atoms with Crippen LogP contribution in [0.25, 0.3) is 0 Å². The zero-order valence-electron chi connectivity index (χ0n) is 22.4. The number of hydrogen-bond donors (Lipinski definition) is 1. The summed E-state index contributed by atoms with van der Waals surface area (Å²) in [6, 6.07) is 17.5. The fourth-order valence-corrected chi connectivity index (χ4v) is 5.49. The Morgan fingerprint density at radius 3 is 2.10 bits per heavy atom. The molecule has 0 bridgehead atoms. The van der Waals surface area contributed by atoms with Gasteiger partial charge in [0.25, 0.3) is 10.0 Å². The first kappa shape index (κ1) is 30.3. The zero-order chi connectivity index (χ0) is 28.7. The molecule has 7 nitrogen and oxygen atoms in total. The number of benzene rings is 3. The molecule has 39 heavy (non-hydrogen) atoms. The van der Waals surface area contributed by atoms with Gasteiger partial charge in [-0.2, -0.15) is 0 Å². The number of halogens is 2. The highest BCUT2D eigenvalue weighted by atomic mass is 79.9. The largest absolute Gasteiger partial charge is 0.352 e. The minimum absolute atomic E-state index is 0.00718. The number of nitrogens with one attached hydrogen (secondary N) is 1. The summed E-state index contributed by atoms with van der Waals surface area (Å²) in [5.74, 6) is -1.46. The molecule has 0 unspecified atom stereocenters. The van der Waals surface area contributed by atoms with E-state index >= 15 is 0 Å². The van der Waals surface area contributed by atoms with Gasteiger partial charge < -0.3 is 10.2 Å². The Hall–Kier alpha value is -3.24. The highest BCUT2D eigenvalue weighted by Gasteiger charge is 2.32. The van der Waals surface area contributed by atoms with E-state index < -0.39 is 34.3 Å². The smallest absolute Gasteiger partial charge is 0.264 e. The van der Waals surface area contributed by atoms with Crippen LogP contribution in [0.4, 0.5) is 10.1 Å². The normalized spacial score (nSPS) is 12.9. The summed E-state index contributed by atoms with van der Waals surface area (Å²) in [5.41, 5.74) is 1.77. The zero-order valence-corrected chi connectivity index (χ0v) is 24.8. The van der Waals surface area contributed by atoms with Gasteiger partial charge in [-0.05, 0) is 81.3 Å². The van der Waals surface area contributed by atoms with Crippen LogP contribution >= 0.6 is 15.9 Å². The maximum absolute atomic E-state index is 13.9. The van der Waals surface area contributed by atoms with E-state index in [4.69, 9.17) is 0 Å². The third kappa shape index (κ3) is 7.89. The molecule has 0 aromatic heterocycles. The lowest BCUT2D eigenvalue weighted by atomic mass is 10.1. The standard InChI is InChI=1S/C29H33BrFN3O4S/c1-5-21(3)32-29(36)22(4)33(18-23-8-10-24(30)11-9-23)28(35)19-34(26-14-12-25(31)13-15-26)39(37,38)27-16-6-20(2)7-17-27/h6-17,21-22H,5,18-19H2,1-4H3,(H,32,36)/t21-,22+/m1/s1. The number of amides is 2. The van der Waals surface area contributed by atoms with Gasteiger partial charge in [0.2, 0.25) is 11.8 Å². The van der Waals surface area contributed by atoms with E-state index in [2.05, 4.69) is 21.2 Å². The fraction of sp³-hybridized carbons (Fsp3) is 0.310. The number of sulfonamides is 1. The molecular weight excluding hydrogens is 585 g/mol. The summed E-state index contributed by atoms with van der Waals surface area (Å²) in [4.78, 5) is 28.3. The van der Waals surface area contributed by atoms with Crippen LogP contribution in [0.15, 0.2) is 82.2 Å². The van der Waals surface area contributed by atoms with Crippen LogP contribution in [0, 0.1) is 12.7 Å². The van der Waals surface area contributed by atoms with Gasteiger partial charge in [0.05, 0.1) is 10.6 Å². The molecule has 0 aliphatic carbocycles. The summed E-state index contributed by atoms with van der Waals surface area (Å²) in [6.07, 6.45) is 0.715. The first-order valence-corrected chi connectivity index (χ1v) is 14.8. The molecule has 0 aliphatic rings. The summed E-state index contributed by atoms with van der Waals surface area (Å²) >= 11 is 3.40. The van der Waals surface area contributed by atoms with Crippen molar-refractivity contribution in [1.82, 2.24) is 10.2 Å². The van der Waals surface area contributed by atoms with Crippen LogP contribution in [0.5, 0.6) is 0 Å². The van der Waals surface area contributed by atoms with E-state index in [1.54, 1.807) is 19.1 Å². The van der Waals surface area contributed by atoms with Crippen LogP contribution in [0.3, 0.4) is 0 Å². The van der Waals surface area contributed by atoms with E-state index in [-0.39, 0.29) is 29.1 Å². The summed E-state index contributed by atoms with van der Waals surface area (Å²) in [7, 11) is -4.20. The second kappa shape index (κ2) is 13.2.